The van der Waals surface area contributed by atoms with Crippen LogP contribution < -0.4 is 18.1 Å². The van der Waals surface area contributed by atoms with Crippen molar-refractivity contribution in [3.63, 3.8) is 0 Å². The smallest absolute Gasteiger partial charge is 0.474 e. The molecule has 0 unspecified atom stereocenters. The molecule has 4 nitrogen and oxygen atoms in total. The maximum absolute atomic E-state index is 6.82. The van der Waals surface area contributed by atoms with Crippen molar-refractivity contribution < 1.29 is 18.1 Å². The molecule has 39 heavy (non-hydrogen) atoms. The lowest BCUT2D eigenvalue weighted by Crippen LogP contribution is -2.10. The molecule has 0 spiro atoms. The number of hydrogen-bond acceptors (Lipinski definition) is 4. The first-order valence-electron chi connectivity index (χ1n) is 13.2. The van der Waals surface area contributed by atoms with Gasteiger partial charge in [0.25, 0.3) is 0 Å². The van der Waals surface area contributed by atoms with Crippen LogP contribution in [0.15, 0.2) is 60.7 Å². The van der Waals surface area contributed by atoms with Crippen molar-refractivity contribution in [2.24, 2.45) is 0 Å². The minimum Gasteiger partial charge on any atom is -0.474 e. The lowest BCUT2D eigenvalue weighted by molar-refractivity contribution is 0.381. The Hall–Kier alpha value is -3.06. The molecule has 0 aliphatic carbocycles. The Morgan fingerprint density at radius 1 is 0.641 bits per heavy atom. The van der Waals surface area contributed by atoms with E-state index in [4.69, 9.17) is 18.1 Å². The minimum atomic E-state index is -1.80. The van der Waals surface area contributed by atoms with E-state index in [1.807, 2.05) is 36.4 Å². The number of benzene rings is 4. The molecule has 202 valence electrons. The third-order valence-electron chi connectivity index (χ3n) is 7.33. The molecule has 0 atom stereocenters. The van der Waals surface area contributed by atoms with Crippen LogP contribution in [0.5, 0.6) is 23.0 Å². The van der Waals surface area contributed by atoms with Gasteiger partial charge in [-0.05, 0) is 112 Å². The Morgan fingerprint density at radius 2 is 1.10 bits per heavy atom. The minimum absolute atomic E-state index is 0.623. The summed E-state index contributed by atoms with van der Waals surface area (Å²) in [6.07, 6.45) is 0.739. The van der Waals surface area contributed by atoms with Gasteiger partial charge in [-0.2, -0.15) is 0 Å². The zero-order valence-electron chi connectivity index (χ0n) is 24.0. The second-order valence-electron chi connectivity index (χ2n) is 10.5. The topological polar surface area (TPSA) is 36.9 Å². The quantitative estimate of drug-likeness (QED) is 0.229. The third kappa shape index (κ3) is 5.51. The molecule has 0 N–H and O–H groups in total. The van der Waals surface area contributed by atoms with Gasteiger partial charge in [-0.1, -0.05) is 48.5 Å². The summed E-state index contributed by atoms with van der Waals surface area (Å²) in [5, 5.41) is 0. The summed E-state index contributed by atoms with van der Waals surface area (Å²) < 4.78 is 26.3. The fraction of sp³-hybridized carbons (Fsp3) is 0.273. The maximum atomic E-state index is 6.82. The lowest BCUT2D eigenvalue weighted by Gasteiger charge is -2.27. The molecule has 5 rings (SSSR count). The van der Waals surface area contributed by atoms with Crippen LogP contribution in [-0.4, -0.2) is 13.3 Å². The highest BCUT2D eigenvalue weighted by atomic mass is 31.2. The molecule has 1 aliphatic heterocycles. The largest absolute Gasteiger partial charge is 0.530 e. The summed E-state index contributed by atoms with van der Waals surface area (Å²) in [5.74, 6) is 3.27. The standard InChI is InChI=1S/C33H36O4P2/c1-20-17-22(3)32(36-38(7)8)30(24(20)5)31-25(6)21(2)18-23(4)33(31)37-39-34-28-15-11-9-13-26(28)19-27-14-10-12-16-29(27)35-39/h9-18H,19H2,1-8H3. The van der Waals surface area contributed by atoms with Crippen molar-refractivity contribution >= 4 is 16.8 Å². The van der Waals surface area contributed by atoms with Crippen molar-refractivity contribution in [1.29, 1.82) is 0 Å². The molecule has 0 amide bonds. The van der Waals surface area contributed by atoms with Crippen molar-refractivity contribution in [3.8, 4) is 34.1 Å². The fourth-order valence-corrected chi connectivity index (χ4v) is 6.89. The summed E-state index contributed by atoms with van der Waals surface area (Å²) in [5.41, 5.74) is 11.3. The molecule has 0 saturated heterocycles. The molecular weight excluding hydrogens is 522 g/mol. The average molecular weight is 559 g/mol. The fourth-order valence-electron chi connectivity index (χ4n) is 5.12. The maximum Gasteiger partial charge on any atom is 0.530 e. The predicted octanol–water partition coefficient (Wildman–Crippen LogP) is 9.91. The molecule has 0 bridgehead atoms. The summed E-state index contributed by atoms with van der Waals surface area (Å²) in [4.78, 5) is 0. The second-order valence-corrected chi connectivity index (χ2v) is 13.3. The SMILES string of the molecule is Cc1cc(C)c(OP(C)C)c(-c2c(C)c(C)cc(C)c2OP2Oc3ccccc3Cc3ccccc3O2)c1C. The zero-order chi connectivity index (χ0) is 27.8. The molecule has 6 heteroatoms. The first-order chi connectivity index (χ1) is 18.6. The molecular formula is C33H36O4P2. The van der Waals surface area contributed by atoms with Crippen LogP contribution in [0.3, 0.4) is 0 Å². The monoisotopic (exact) mass is 558 g/mol. The van der Waals surface area contributed by atoms with Gasteiger partial charge >= 0.3 is 8.60 Å². The Kier molecular flexibility index (Phi) is 7.90. The van der Waals surface area contributed by atoms with Crippen molar-refractivity contribution in [3.05, 3.63) is 105 Å². The van der Waals surface area contributed by atoms with E-state index < -0.39 is 16.8 Å². The van der Waals surface area contributed by atoms with Crippen LogP contribution in [0.2, 0.25) is 0 Å². The van der Waals surface area contributed by atoms with Crippen LogP contribution in [0.4, 0.5) is 0 Å². The number of para-hydroxylation sites is 2. The Morgan fingerprint density at radius 3 is 1.62 bits per heavy atom. The number of fused-ring (bicyclic) bond motifs is 2. The van der Waals surface area contributed by atoms with E-state index >= 15 is 0 Å². The van der Waals surface area contributed by atoms with Gasteiger partial charge < -0.3 is 18.1 Å². The molecule has 0 radical (unpaired) electrons. The highest BCUT2D eigenvalue weighted by Crippen LogP contribution is 2.53. The molecule has 4 aromatic carbocycles. The van der Waals surface area contributed by atoms with Gasteiger partial charge in [0.15, 0.2) is 0 Å². The first kappa shape index (κ1) is 27.5. The van der Waals surface area contributed by atoms with E-state index in [1.54, 1.807) is 0 Å². The summed E-state index contributed by atoms with van der Waals surface area (Å²) in [7, 11) is -2.42. The van der Waals surface area contributed by atoms with Crippen LogP contribution in [0.1, 0.15) is 44.5 Å². The number of hydrogen-bond donors (Lipinski definition) is 0. The van der Waals surface area contributed by atoms with Gasteiger partial charge in [0.2, 0.25) is 0 Å². The van der Waals surface area contributed by atoms with E-state index in [0.717, 1.165) is 68.4 Å². The third-order valence-corrected chi connectivity index (χ3v) is 8.90. The zero-order valence-corrected chi connectivity index (χ0v) is 25.8. The van der Waals surface area contributed by atoms with Crippen molar-refractivity contribution in [1.82, 2.24) is 0 Å². The normalized spacial score (nSPS) is 13.1. The van der Waals surface area contributed by atoms with Gasteiger partial charge in [0.05, 0.1) is 8.15 Å². The highest BCUT2D eigenvalue weighted by molar-refractivity contribution is 7.51. The van der Waals surface area contributed by atoms with E-state index in [2.05, 4.69) is 79.1 Å². The molecule has 0 fully saturated rings. The number of aryl methyl sites for hydroxylation is 4. The van der Waals surface area contributed by atoms with Gasteiger partial charge in [0, 0.05) is 17.5 Å². The van der Waals surface area contributed by atoms with Gasteiger partial charge in [-0.15, -0.1) is 0 Å². The van der Waals surface area contributed by atoms with Crippen molar-refractivity contribution in [2.45, 2.75) is 48.0 Å². The van der Waals surface area contributed by atoms with E-state index in [-0.39, 0.29) is 0 Å². The molecule has 1 aliphatic rings. The second kappa shape index (κ2) is 11.2. The first-order valence-corrected chi connectivity index (χ1v) is 16.5. The van der Waals surface area contributed by atoms with Gasteiger partial charge in [-0.25, -0.2) is 0 Å². The van der Waals surface area contributed by atoms with Crippen LogP contribution in [-0.2, 0) is 6.42 Å². The van der Waals surface area contributed by atoms with Crippen LogP contribution >= 0.6 is 16.8 Å². The molecule has 0 saturated carbocycles. The molecule has 0 aromatic heterocycles. The Bertz CT molecular complexity index is 1500. The Labute approximate surface area is 235 Å². The molecule has 4 aromatic rings. The van der Waals surface area contributed by atoms with Crippen LogP contribution in [0, 0.1) is 41.5 Å². The summed E-state index contributed by atoms with van der Waals surface area (Å²) >= 11 is 0. The van der Waals surface area contributed by atoms with Gasteiger partial charge in [-0.3, -0.25) is 0 Å². The van der Waals surface area contributed by atoms with Crippen LogP contribution in [0.25, 0.3) is 11.1 Å². The summed E-state index contributed by atoms with van der Waals surface area (Å²) in [6, 6.07) is 20.7. The highest BCUT2D eigenvalue weighted by Gasteiger charge is 2.30. The average Bonchev–Trinajstić information content (AvgIpc) is 2.87. The summed E-state index contributed by atoms with van der Waals surface area (Å²) in [6.45, 7) is 17.1. The Balaban J connectivity index is 1.69. The van der Waals surface area contributed by atoms with E-state index in [9.17, 15) is 0 Å². The van der Waals surface area contributed by atoms with Crippen molar-refractivity contribution in [2.75, 3.05) is 13.3 Å². The van der Waals surface area contributed by atoms with E-state index in [0.29, 0.717) is 0 Å². The van der Waals surface area contributed by atoms with E-state index in [1.165, 1.54) is 16.7 Å². The van der Waals surface area contributed by atoms with Gasteiger partial charge in [0.1, 0.15) is 23.0 Å². The lowest BCUT2D eigenvalue weighted by atomic mass is 9.87. The number of rotatable bonds is 5. The molecule has 1 heterocycles. The predicted molar refractivity (Wildman–Crippen MR) is 164 cm³/mol.